The fraction of sp³-hybridized carbons (Fsp3) is 0. The molecule has 0 bridgehead atoms. The molecule has 0 amide bonds. The number of hydrogen-bond acceptors (Lipinski definition) is 2. The Labute approximate surface area is 152 Å². The zero-order chi connectivity index (χ0) is 14.2. The smallest absolute Gasteiger partial charge is 0.156 e. The lowest BCUT2D eigenvalue weighted by molar-refractivity contribution is 0.459. The van der Waals surface area contributed by atoms with Crippen molar-refractivity contribution in [1.29, 1.82) is 0 Å². The number of benzene rings is 2. The third-order valence-electron chi connectivity index (χ3n) is 2.21. The standard InChI is InChI=1S/C12H5Br5O2/c13-6-3-5(1-2-9(6)18)19-12-8(15)4-7(14)10(16)11(12)17/h1-4,18H. The molecule has 2 rings (SSSR count). The van der Waals surface area contributed by atoms with Gasteiger partial charge < -0.3 is 9.84 Å². The summed E-state index contributed by atoms with van der Waals surface area (Å²) in [5.74, 6) is 1.43. The van der Waals surface area contributed by atoms with Crippen LogP contribution in [0.2, 0.25) is 0 Å². The summed E-state index contributed by atoms with van der Waals surface area (Å²) >= 11 is 17.1. The fourth-order valence-corrected chi connectivity index (χ4v) is 4.25. The first-order chi connectivity index (χ1) is 8.90. The van der Waals surface area contributed by atoms with Crippen LogP contribution in [-0.4, -0.2) is 5.11 Å². The molecular formula is C12H5Br5O2. The number of phenols is 1. The Hall–Kier alpha value is 0.440. The minimum Gasteiger partial charge on any atom is -0.507 e. The third-order valence-corrected chi connectivity index (χ3v) is 6.71. The van der Waals surface area contributed by atoms with E-state index in [1.54, 1.807) is 18.2 Å². The highest BCUT2D eigenvalue weighted by molar-refractivity contribution is 9.14. The molecule has 0 saturated heterocycles. The van der Waals surface area contributed by atoms with Crippen LogP contribution in [-0.2, 0) is 0 Å². The van der Waals surface area contributed by atoms with Crippen molar-refractivity contribution in [2.24, 2.45) is 0 Å². The molecule has 0 fully saturated rings. The summed E-state index contributed by atoms with van der Waals surface area (Å²) in [7, 11) is 0. The van der Waals surface area contributed by atoms with Crippen LogP contribution < -0.4 is 4.74 Å². The maximum Gasteiger partial charge on any atom is 0.156 e. The molecule has 100 valence electrons. The van der Waals surface area contributed by atoms with Crippen molar-refractivity contribution < 1.29 is 9.84 Å². The van der Waals surface area contributed by atoms with Crippen LogP contribution in [0, 0.1) is 0 Å². The lowest BCUT2D eigenvalue weighted by Gasteiger charge is -2.12. The maximum atomic E-state index is 9.46. The summed E-state index contributed by atoms with van der Waals surface area (Å²) in [6, 6.07) is 6.84. The van der Waals surface area contributed by atoms with Crippen molar-refractivity contribution in [2.45, 2.75) is 0 Å². The van der Waals surface area contributed by atoms with Crippen LogP contribution in [0.5, 0.6) is 17.2 Å². The van der Waals surface area contributed by atoms with Gasteiger partial charge in [0, 0.05) is 8.95 Å². The highest BCUT2D eigenvalue weighted by Crippen LogP contribution is 2.45. The second kappa shape index (κ2) is 6.47. The summed E-state index contributed by atoms with van der Waals surface area (Å²) < 4.78 is 9.77. The van der Waals surface area contributed by atoms with Crippen LogP contribution in [0.4, 0.5) is 0 Å². The first kappa shape index (κ1) is 15.8. The van der Waals surface area contributed by atoms with Gasteiger partial charge in [-0.1, -0.05) is 0 Å². The Bertz CT molecular complexity index is 643. The van der Waals surface area contributed by atoms with E-state index in [0.717, 1.165) is 17.9 Å². The SMILES string of the molecule is Oc1ccc(Oc2c(Br)cc(Br)c(Br)c2Br)cc1Br. The summed E-state index contributed by atoms with van der Waals surface area (Å²) in [5.41, 5.74) is 0. The van der Waals surface area contributed by atoms with Gasteiger partial charge in [-0.15, -0.1) is 0 Å². The molecule has 0 aliphatic carbocycles. The third kappa shape index (κ3) is 3.56. The maximum absolute atomic E-state index is 9.46. The van der Waals surface area contributed by atoms with Crippen LogP contribution in [0.3, 0.4) is 0 Å². The van der Waals surface area contributed by atoms with Crippen LogP contribution in [0.15, 0.2) is 46.6 Å². The Morgan fingerprint density at radius 3 is 2.11 bits per heavy atom. The van der Waals surface area contributed by atoms with E-state index >= 15 is 0 Å². The molecule has 0 aromatic heterocycles. The molecule has 2 aromatic carbocycles. The zero-order valence-electron chi connectivity index (χ0n) is 9.05. The topological polar surface area (TPSA) is 29.5 Å². The number of rotatable bonds is 2. The summed E-state index contributed by atoms with van der Waals surface area (Å²) in [5, 5.41) is 9.46. The predicted octanol–water partition coefficient (Wildman–Crippen LogP) is 7.00. The van der Waals surface area contributed by atoms with E-state index in [1.165, 1.54) is 0 Å². The van der Waals surface area contributed by atoms with Gasteiger partial charge in [-0.3, -0.25) is 0 Å². The van der Waals surface area contributed by atoms with Gasteiger partial charge in [-0.2, -0.15) is 0 Å². The summed E-state index contributed by atoms with van der Waals surface area (Å²) in [6.45, 7) is 0. The quantitative estimate of drug-likeness (QED) is 0.306. The molecule has 0 radical (unpaired) electrons. The van der Waals surface area contributed by atoms with E-state index < -0.39 is 0 Å². The van der Waals surface area contributed by atoms with Gasteiger partial charge >= 0.3 is 0 Å². The molecule has 0 atom stereocenters. The Morgan fingerprint density at radius 1 is 0.789 bits per heavy atom. The lowest BCUT2D eigenvalue weighted by atomic mass is 10.3. The molecule has 7 heteroatoms. The lowest BCUT2D eigenvalue weighted by Crippen LogP contribution is -1.89. The molecule has 19 heavy (non-hydrogen) atoms. The predicted molar refractivity (Wildman–Crippen MR) is 93.1 cm³/mol. The number of ether oxygens (including phenoxy) is 1. The van der Waals surface area contributed by atoms with Crippen molar-refractivity contribution in [1.82, 2.24) is 0 Å². The van der Waals surface area contributed by atoms with Gasteiger partial charge in [0.2, 0.25) is 0 Å². The van der Waals surface area contributed by atoms with Crippen LogP contribution in [0.1, 0.15) is 0 Å². The molecule has 2 nitrogen and oxygen atoms in total. The summed E-state index contributed by atoms with van der Waals surface area (Å²) in [6.07, 6.45) is 0. The fourth-order valence-electron chi connectivity index (χ4n) is 1.31. The molecule has 0 saturated carbocycles. The monoisotopic (exact) mass is 576 g/mol. The molecular weight excluding hydrogens is 576 g/mol. The van der Waals surface area contributed by atoms with E-state index in [2.05, 4.69) is 79.6 Å². The Kier molecular flexibility index (Phi) is 5.39. The van der Waals surface area contributed by atoms with Crippen LogP contribution in [0.25, 0.3) is 0 Å². The molecule has 1 N–H and O–H groups in total. The van der Waals surface area contributed by atoms with E-state index in [9.17, 15) is 5.11 Å². The van der Waals surface area contributed by atoms with Gasteiger partial charge in [0.15, 0.2) is 5.75 Å². The van der Waals surface area contributed by atoms with Gasteiger partial charge in [-0.05, 0) is 104 Å². The van der Waals surface area contributed by atoms with Gasteiger partial charge in [0.1, 0.15) is 11.5 Å². The van der Waals surface area contributed by atoms with Crippen molar-refractivity contribution >= 4 is 79.6 Å². The largest absolute Gasteiger partial charge is 0.507 e. The van der Waals surface area contributed by atoms with Crippen molar-refractivity contribution in [3.05, 3.63) is 46.6 Å². The van der Waals surface area contributed by atoms with E-state index in [1.807, 2.05) is 6.07 Å². The second-order valence-corrected chi connectivity index (χ2v) is 7.66. The zero-order valence-corrected chi connectivity index (χ0v) is 17.0. The van der Waals surface area contributed by atoms with Crippen molar-refractivity contribution in [3.63, 3.8) is 0 Å². The second-order valence-electron chi connectivity index (χ2n) is 3.51. The van der Waals surface area contributed by atoms with Gasteiger partial charge in [0.05, 0.1) is 13.4 Å². The Morgan fingerprint density at radius 2 is 1.47 bits per heavy atom. The number of aromatic hydroxyl groups is 1. The van der Waals surface area contributed by atoms with Crippen molar-refractivity contribution in [2.75, 3.05) is 0 Å². The van der Waals surface area contributed by atoms with Gasteiger partial charge in [0.25, 0.3) is 0 Å². The molecule has 0 aliphatic heterocycles. The molecule has 0 aliphatic rings. The highest BCUT2D eigenvalue weighted by atomic mass is 79.9. The first-order valence-electron chi connectivity index (χ1n) is 4.89. The van der Waals surface area contributed by atoms with E-state index in [4.69, 9.17) is 4.74 Å². The number of phenolic OH excluding ortho intramolecular Hbond substituents is 1. The highest BCUT2D eigenvalue weighted by Gasteiger charge is 2.15. The minimum atomic E-state index is 0.169. The van der Waals surface area contributed by atoms with E-state index in [-0.39, 0.29) is 5.75 Å². The normalized spacial score (nSPS) is 10.6. The molecule has 0 unspecified atom stereocenters. The average molecular weight is 581 g/mol. The Balaban J connectivity index is 2.43. The average Bonchev–Trinajstić information content (AvgIpc) is 2.36. The summed E-state index contributed by atoms with van der Waals surface area (Å²) in [4.78, 5) is 0. The first-order valence-corrected chi connectivity index (χ1v) is 8.86. The minimum absolute atomic E-state index is 0.169. The number of hydrogen-bond donors (Lipinski definition) is 1. The van der Waals surface area contributed by atoms with Crippen molar-refractivity contribution in [3.8, 4) is 17.2 Å². The number of halogens is 5. The molecule has 2 aromatic rings. The van der Waals surface area contributed by atoms with Crippen LogP contribution >= 0.6 is 79.6 Å². The molecule has 0 spiro atoms. The van der Waals surface area contributed by atoms with Gasteiger partial charge in [-0.25, -0.2) is 0 Å². The van der Waals surface area contributed by atoms with E-state index in [0.29, 0.717) is 16.0 Å². The molecule has 0 heterocycles.